The molecule has 1 fully saturated rings. The molecule has 0 unspecified atom stereocenters. The third-order valence-corrected chi connectivity index (χ3v) is 8.13. The minimum absolute atomic E-state index is 0.0409. The van der Waals surface area contributed by atoms with Gasteiger partial charge in [0, 0.05) is 45.3 Å². The van der Waals surface area contributed by atoms with Crippen LogP contribution >= 0.6 is 0 Å². The normalized spacial score (nSPS) is 14.9. The van der Waals surface area contributed by atoms with E-state index in [0.717, 1.165) is 24.2 Å². The number of halogens is 2. The van der Waals surface area contributed by atoms with Gasteiger partial charge in [-0.1, -0.05) is 30.2 Å². The molecular weight excluding hydrogens is 548 g/mol. The van der Waals surface area contributed by atoms with Gasteiger partial charge >= 0.3 is 0 Å². The second-order valence-corrected chi connectivity index (χ2v) is 11.2. The topological polar surface area (TPSA) is 98.1 Å². The molecule has 0 amide bonds. The third kappa shape index (κ3) is 8.20. The Morgan fingerprint density at radius 1 is 0.976 bits per heavy atom. The Morgan fingerprint density at radius 2 is 1.54 bits per heavy atom. The molecule has 41 heavy (non-hydrogen) atoms. The number of piperazine rings is 1. The molecule has 4 rings (SSSR count). The predicted octanol–water partition coefficient (Wildman–Crippen LogP) is 4.92. The number of sulfonamides is 1. The van der Waals surface area contributed by atoms with Crippen molar-refractivity contribution in [2.45, 2.75) is 17.4 Å². The number of nitrogens with zero attached hydrogens (tertiary/aromatic N) is 3. The summed E-state index contributed by atoms with van der Waals surface area (Å²) in [6.07, 6.45) is 6.78. The fourth-order valence-corrected chi connectivity index (χ4v) is 5.56. The van der Waals surface area contributed by atoms with Gasteiger partial charge in [0.2, 0.25) is 0 Å². The molecule has 8 nitrogen and oxygen atoms in total. The molecule has 3 aromatic rings. The smallest absolute Gasteiger partial charge is 0.261 e. The molecule has 0 aliphatic carbocycles. The highest BCUT2D eigenvalue weighted by atomic mass is 32.2. The highest BCUT2D eigenvalue weighted by Gasteiger charge is 2.26. The van der Waals surface area contributed by atoms with Crippen molar-refractivity contribution in [3.63, 3.8) is 0 Å². The summed E-state index contributed by atoms with van der Waals surface area (Å²) in [5, 5.41) is 3.50. The fourth-order valence-electron chi connectivity index (χ4n) is 4.64. The Kier molecular flexibility index (Phi) is 10.2. The van der Waals surface area contributed by atoms with Crippen LogP contribution in [0.3, 0.4) is 0 Å². The molecule has 1 saturated heterocycles. The number of hydrogen-bond acceptors (Lipinski definition) is 7. The second kappa shape index (κ2) is 14.0. The predicted molar refractivity (Wildman–Crippen MR) is 152 cm³/mol. The lowest BCUT2D eigenvalue weighted by Gasteiger charge is -2.39. The summed E-state index contributed by atoms with van der Waals surface area (Å²) in [5.41, 5.74) is 9.64. The Hall–Kier alpha value is -4.11. The molecular formula is C30H31F2N5O3S. The van der Waals surface area contributed by atoms with Crippen LogP contribution in [-0.2, 0) is 10.0 Å². The van der Waals surface area contributed by atoms with Crippen LogP contribution in [0.15, 0.2) is 94.7 Å². The lowest BCUT2D eigenvalue weighted by atomic mass is 9.96. The van der Waals surface area contributed by atoms with Gasteiger partial charge in [-0.3, -0.25) is 9.62 Å². The van der Waals surface area contributed by atoms with Crippen molar-refractivity contribution in [2.24, 2.45) is 5.11 Å². The molecule has 2 N–H and O–H groups in total. The maximum Gasteiger partial charge on any atom is 0.261 e. The van der Waals surface area contributed by atoms with Gasteiger partial charge in [-0.15, -0.1) is 6.42 Å². The average molecular weight is 580 g/mol. The summed E-state index contributed by atoms with van der Waals surface area (Å²) in [7, 11) is -3.85. The van der Waals surface area contributed by atoms with E-state index in [0.29, 0.717) is 37.5 Å². The summed E-state index contributed by atoms with van der Waals surface area (Å²) < 4.78 is 60.2. The lowest BCUT2D eigenvalue weighted by Crippen LogP contribution is -2.48. The molecule has 3 aromatic carbocycles. The van der Waals surface area contributed by atoms with Gasteiger partial charge in [0.15, 0.2) is 0 Å². The highest BCUT2D eigenvalue weighted by molar-refractivity contribution is 7.89. The number of ether oxygens (including phenoxy) is 1. The first-order valence-electron chi connectivity index (χ1n) is 13.0. The summed E-state index contributed by atoms with van der Waals surface area (Å²) in [5.74, 6) is 2.17. The van der Waals surface area contributed by atoms with E-state index >= 15 is 0 Å². The largest absolute Gasteiger partial charge is 0.481 e. The molecule has 1 aliphatic rings. The van der Waals surface area contributed by atoms with Crippen LogP contribution in [0.4, 0.5) is 8.78 Å². The maximum atomic E-state index is 13.6. The van der Waals surface area contributed by atoms with E-state index in [2.05, 4.69) is 25.6 Å². The van der Waals surface area contributed by atoms with Gasteiger partial charge in [0.25, 0.3) is 10.0 Å². The van der Waals surface area contributed by atoms with E-state index in [-0.39, 0.29) is 29.2 Å². The van der Waals surface area contributed by atoms with Crippen molar-refractivity contribution in [3.05, 3.63) is 107 Å². The molecule has 11 heteroatoms. The molecule has 0 atom stereocenters. The molecule has 1 aliphatic heterocycles. The third-order valence-electron chi connectivity index (χ3n) is 6.81. The maximum absolute atomic E-state index is 13.6. The molecule has 0 spiro atoms. The van der Waals surface area contributed by atoms with Gasteiger partial charge in [-0.2, -0.15) is 5.11 Å². The standard InChI is InChI=1S/C30H31F2N5O3S/c1-2-21-40-28-11-13-29(14-12-28)41(38,39)34-22-27(35-33)15-16-36-17-19-37(20-18-36)30(23-3-7-25(31)8-4-23)24-5-9-26(32)10-6-24/h1,3-14,22,30,33-34H,15-21H2/b27-22-,35-33?. The number of benzene rings is 3. The molecule has 0 saturated carbocycles. The van der Waals surface area contributed by atoms with Crippen molar-refractivity contribution in [1.82, 2.24) is 14.5 Å². The molecule has 0 bridgehead atoms. The van der Waals surface area contributed by atoms with Gasteiger partial charge in [0.1, 0.15) is 24.0 Å². The van der Waals surface area contributed by atoms with Crippen molar-refractivity contribution >= 4 is 10.0 Å². The first-order valence-corrected chi connectivity index (χ1v) is 14.5. The fraction of sp³-hybridized carbons (Fsp3) is 0.267. The van der Waals surface area contributed by atoms with Crippen molar-refractivity contribution < 1.29 is 21.9 Å². The molecule has 0 aromatic heterocycles. The quantitative estimate of drug-likeness (QED) is 0.234. The number of nitrogens with one attached hydrogen (secondary N) is 2. The Morgan fingerprint density at radius 3 is 2.05 bits per heavy atom. The Bertz CT molecular complexity index is 1440. The van der Waals surface area contributed by atoms with Crippen LogP contribution in [0.2, 0.25) is 0 Å². The number of rotatable bonds is 12. The van der Waals surface area contributed by atoms with Crippen LogP contribution < -0.4 is 9.46 Å². The number of terminal acetylenes is 1. The van der Waals surface area contributed by atoms with Gasteiger partial charge in [-0.05, 0) is 59.7 Å². The Labute approximate surface area is 239 Å². The zero-order valence-electron chi connectivity index (χ0n) is 22.3. The second-order valence-electron chi connectivity index (χ2n) is 9.47. The Balaban J connectivity index is 1.34. The summed E-state index contributed by atoms with van der Waals surface area (Å²) in [4.78, 5) is 4.53. The minimum atomic E-state index is -3.85. The SMILES string of the molecule is C#CCOc1ccc(S(=O)(=O)N/C=C(/CCN2CCN(C(c3ccc(F)cc3)c3ccc(F)cc3)CC2)N=N)cc1. The van der Waals surface area contributed by atoms with Crippen molar-refractivity contribution in [3.8, 4) is 18.1 Å². The van der Waals surface area contributed by atoms with E-state index < -0.39 is 10.0 Å². The van der Waals surface area contributed by atoms with Gasteiger partial charge in [0.05, 0.1) is 16.6 Å². The van der Waals surface area contributed by atoms with Crippen LogP contribution in [0.25, 0.3) is 0 Å². The van der Waals surface area contributed by atoms with E-state index in [1.165, 1.54) is 54.7 Å². The monoisotopic (exact) mass is 579 g/mol. The summed E-state index contributed by atoms with van der Waals surface area (Å²) in [6, 6.07) is 18.4. The highest BCUT2D eigenvalue weighted by Crippen LogP contribution is 2.30. The molecule has 0 radical (unpaired) electrons. The van der Waals surface area contributed by atoms with Crippen molar-refractivity contribution in [2.75, 3.05) is 39.3 Å². The van der Waals surface area contributed by atoms with Crippen LogP contribution in [0.1, 0.15) is 23.6 Å². The van der Waals surface area contributed by atoms with Gasteiger partial charge in [-0.25, -0.2) is 22.7 Å². The molecule has 1 heterocycles. The first kappa shape index (κ1) is 29.9. The van der Waals surface area contributed by atoms with Crippen molar-refractivity contribution in [1.29, 1.82) is 5.53 Å². The van der Waals surface area contributed by atoms with E-state index in [1.54, 1.807) is 24.3 Å². The number of hydrogen-bond donors (Lipinski definition) is 2. The van der Waals surface area contributed by atoms with Crippen LogP contribution in [0.5, 0.6) is 5.75 Å². The first-order chi connectivity index (χ1) is 19.8. The van der Waals surface area contributed by atoms with Crippen LogP contribution in [-0.4, -0.2) is 57.5 Å². The zero-order valence-corrected chi connectivity index (χ0v) is 23.2. The van der Waals surface area contributed by atoms with E-state index in [4.69, 9.17) is 16.7 Å². The summed E-state index contributed by atoms with van der Waals surface area (Å²) in [6.45, 7) is 3.55. The summed E-state index contributed by atoms with van der Waals surface area (Å²) >= 11 is 0. The van der Waals surface area contributed by atoms with Gasteiger partial charge < -0.3 is 9.64 Å². The minimum Gasteiger partial charge on any atom is -0.481 e. The zero-order chi connectivity index (χ0) is 29.2. The molecule has 214 valence electrons. The lowest BCUT2D eigenvalue weighted by molar-refractivity contribution is 0.110. The van der Waals surface area contributed by atoms with E-state index in [1.807, 2.05) is 0 Å². The average Bonchev–Trinajstić information content (AvgIpc) is 2.99. The van der Waals surface area contributed by atoms with E-state index in [9.17, 15) is 17.2 Å². The van der Waals surface area contributed by atoms with Crippen LogP contribution in [0, 0.1) is 29.5 Å².